The van der Waals surface area contributed by atoms with E-state index in [2.05, 4.69) is 33.0 Å². The van der Waals surface area contributed by atoms with E-state index in [4.69, 9.17) is 10.5 Å². The van der Waals surface area contributed by atoms with Crippen molar-refractivity contribution in [1.29, 1.82) is 0 Å². The van der Waals surface area contributed by atoms with E-state index < -0.39 is 12.0 Å². The largest absolute Gasteiger partial charge is 0.467 e. The molecule has 0 aliphatic rings. The molecular formula is C23H32N2O3. The number of fused-ring (bicyclic) bond motifs is 1. The van der Waals surface area contributed by atoms with Crippen LogP contribution >= 0.6 is 0 Å². The summed E-state index contributed by atoms with van der Waals surface area (Å²) in [6, 6.07) is 10.6. The number of nitrogens with two attached hydrogens (primary N) is 1. The molecule has 0 aromatic heterocycles. The normalized spacial score (nSPS) is 13.8. The summed E-state index contributed by atoms with van der Waals surface area (Å²) < 4.78 is 4.90. The van der Waals surface area contributed by atoms with Gasteiger partial charge in [-0.1, -0.05) is 52.0 Å². The van der Waals surface area contributed by atoms with Crippen LogP contribution < -0.4 is 11.1 Å². The van der Waals surface area contributed by atoms with Crippen LogP contribution in [0.2, 0.25) is 0 Å². The van der Waals surface area contributed by atoms with Gasteiger partial charge in [-0.05, 0) is 53.5 Å². The summed E-state index contributed by atoms with van der Waals surface area (Å²) in [5, 5.41) is 4.71. The maximum absolute atomic E-state index is 12.8. The zero-order valence-electron chi connectivity index (χ0n) is 17.5. The predicted octanol–water partition coefficient (Wildman–Crippen LogP) is 4.55. The van der Waals surface area contributed by atoms with Crippen molar-refractivity contribution < 1.29 is 14.3 Å². The number of amides is 1. The summed E-state index contributed by atoms with van der Waals surface area (Å²) in [5.74, 6) is -0.354. The van der Waals surface area contributed by atoms with E-state index in [1.54, 1.807) is 12.1 Å². The molecule has 0 fully saturated rings. The fourth-order valence-corrected chi connectivity index (χ4v) is 3.68. The van der Waals surface area contributed by atoms with Crippen molar-refractivity contribution in [2.24, 2.45) is 11.3 Å². The number of nitrogen functional groups attached to an aromatic ring is 1. The number of carbonyl (C=O) groups excluding carboxylic acids is 2. The Hall–Kier alpha value is -2.56. The van der Waals surface area contributed by atoms with Crippen LogP contribution in [0.5, 0.6) is 0 Å². The first kappa shape index (κ1) is 21.7. The molecule has 2 rings (SSSR count). The van der Waals surface area contributed by atoms with Crippen molar-refractivity contribution in [3.05, 3.63) is 42.0 Å². The Kier molecular flexibility index (Phi) is 7.05. The molecule has 2 atom stereocenters. The van der Waals surface area contributed by atoms with Crippen LogP contribution in [0.4, 0.5) is 5.69 Å². The maximum Gasteiger partial charge on any atom is 0.328 e. The molecule has 0 aliphatic heterocycles. The average molecular weight is 385 g/mol. The van der Waals surface area contributed by atoms with E-state index in [0.29, 0.717) is 23.6 Å². The van der Waals surface area contributed by atoms with Gasteiger partial charge in [-0.25, -0.2) is 4.79 Å². The molecule has 28 heavy (non-hydrogen) atoms. The molecule has 2 aromatic carbocycles. The molecule has 0 saturated carbocycles. The fourth-order valence-electron chi connectivity index (χ4n) is 3.68. The number of hydrogen-bond acceptors (Lipinski definition) is 4. The minimum atomic E-state index is -0.689. The van der Waals surface area contributed by atoms with Crippen molar-refractivity contribution in [2.75, 3.05) is 12.8 Å². The van der Waals surface area contributed by atoms with Gasteiger partial charge in [-0.3, -0.25) is 4.79 Å². The first-order valence-corrected chi connectivity index (χ1v) is 9.77. The number of benzene rings is 2. The van der Waals surface area contributed by atoms with Gasteiger partial charge >= 0.3 is 5.97 Å². The molecule has 5 nitrogen and oxygen atoms in total. The van der Waals surface area contributed by atoms with Gasteiger partial charge in [0.15, 0.2) is 0 Å². The highest BCUT2D eigenvalue weighted by Gasteiger charge is 2.25. The lowest BCUT2D eigenvalue weighted by atomic mass is 9.83. The second-order valence-electron chi connectivity index (χ2n) is 8.78. The number of ether oxygens (including phenoxy) is 1. The number of anilines is 1. The number of carbonyl (C=O) groups is 2. The minimum absolute atomic E-state index is 0.225. The Morgan fingerprint density at radius 3 is 2.29 bits per heavy atom. The summed E-state index contributed by atoms with van der Waals surface area (Å²) in [6.07, 6.45) is 2.40. The number of rotatable bonds is 7. The quantitative estimate of drug-likeness (QED) is 0.542. The standard InChI is InChI=1S/C23H32N2O3/c1-15(14-23(2,3)4)10-11-20(22(27)28-5)25-21(26)18-12-16-8-6-7-9-17(16)13-19(18)24/h6-9,12-13,15,20H,10-11,14,24H2,1-5H3,(H,25,26). The third-order valence-electron chi connectivity index (χ3n) is 4.86. The Labute approximate surface area is 167 Å². The molecule has 0 radical (unpaired) electrons. The van der Waals surface area contributed by atoms with Crippen molar-refractivity contribution in [3.63, 3.8) is 0 Å². The van der Waals surface area contributed by atoms with Crippen LogP contribution in [0, 0.1) is 11.3 Å². The van der Waals surface area contributed by atoms with Gasteiger partial charge in [-0.2, -0.15) is 0 Å². The van der Waals surface area contributed by atoms with E-state index in [1.807, 2.05) is 24.3 Å². The summed E-state index contributed by atoms with van der Waals surface area (Å²) >= 11 is 0. The summed E-state index contributed by atoms with van der Waals surface area (Å²) in [4.78, 5) is 25.0. The maximum atomic E-state index is 12.8. The van der Waals surface area contributed by atoms with Crippen LogP contribution in [-0.4, -0.2) is 25.0 Å². The first-order valence-electron chi connectivity index (χ1n) is 9.77. The van der Waals surface area contributed by atoms with Crippen LogP contribution in [0.1, 0.15) is 57.3 Å². The third-order valence-corrected chi connectivity index (χ3v) is 4.86. The van der Waals surface area contributed by atoms with E-state index in [0.717, 1.165) is 23.6 Å². The second kappa shape index (κ2) is 9.09. The molecular weight excluding hydrogens is 352 g/mol. The highest BCUT2D eigenvalue weighted by molar-refractivity contribution is 6.05. The van der Waals surface area contributed by atoms with E-state index in [9.17, 15) is 9.59 Å². The molecule has 0 spiro atoms. The van der Waals surface area contributed by atoms with Crippen molar-refractivity contribution >= 4 is 28.3 Å². The van der Waals surface area contributed by atoms with Crippen LogP contribution in [0.15, 0.2) is 36.4 Å². The molecule has 5 heteroatoms. The summed E-state index contributed by atoms with van der Waals surface area (Å²) in [5.41, 5.74) is 7.07. The number of hydrogen-bond donors (Lipinski definition) is 2. The van der Waals surface area contributed by atoms with Crippen LogP contribution in [-0.2, 0) is 9.53 Å². The van der Waals surface area contributed by atoms with Gasteiger partial charge in [0.2, 0.25) is 0 Å². The molecule has 2 unspecified atom stereocenters. The SMILES string of the molecule is COC(=O)C(CCC(C)CC(C)(C)C)NC(=O)c1cc2ccccc2cc1N. The molecule has 152 valence electrons. The van der Waals surface area contributed by atoms with E-state index in [1.165, 1.54) is 7.11 Å². The molecule has 0 saturated heterocycles. The highest BCUT2D eigenvalue weighted by Crippen LogP contribution is 2.27. The minimum Gasteiger partial charge on any atom is -0.467 e. The molecule has 1 amide bonds. The zero-order valence-corrected chi connectivity index (χ0v) is 17.5. The summed E-state index contributed by atoms with van der Waals surface area (Å²) in [6.45, 7) is 8.77. The summed E-state index contributed by atoms with van der Waals surface area (Å²) in [7, 11) is 1.34. The van der Waals surface area contributed by atoms with E-state index in [-0.39, 0.29) is 11.3 Å². The lowest BCUT2D eigenvalue weighted by Crippen LogP contribution is -2.42. The van der Waals surface area contributed by atoms with Crippen LogP contribution in [0.25, 0.3) is 10.8 Å². The van der Waals surface area contributed by atoms with Gasteiger partial charge in [0.05, 0.1) is 12.7 Å². The lowest BCUT2D eigenvalue weighted by Gasteiger charge is -2.24. The van der Waals surface area contributed by atoms with Gasteiger partial charge in [-0.15, -0.1) is 0 Å². The van der Waals surface area contributed by atoms with Gasteiger partial charge in [0.25, 0.3) is 5.91 Å². The Morgan fingerprint density at radius 1 is 1.11 bits per heavy atom. The Bertz CT molecular complexity index is 839. The first-order chi connectivity index (χ1) is 13.1. The predicted molar refractivity (Wildman–Crippen MR) is 114 cm³/mol. The smallest absolute Gasteiger partial charge is 0.328 e. The molecule has 0 heterocycles. The number of esters is 1. The van der Waals surface area contributed by atoms with Gasteiger partial charge in [0, 0.05) is 5.69 Å². The molecule has 0 aliphatic carbocycles. The zero-order chi connectivity index (χ0) is 20.9. The second-order valence-corrected chi connectivity index (χ2v) is 8.78. The average Bonchev–Trinajstić information content (AvgIpc) is 2.62. The lowest BCUT2D eigenvalue weighted by molar-refractivity contribution is -0.143. The van der Waals surface area contributed by atoms with Crippen molar-refractivity contribution in [2.45, 2.75) is 53.0 Å². The fraction of sp³-hybridized carbons (Fsp3) is 0.478. The van der Waals surface area contributed by atoms with Crippen molar-refractivity contribution in [1.82, 2.24) is 5.32 Å². The Balaban J connectivity index is 2.12. The van der Waals surface area contributed by atoms with Crippen molar-refractivity contribution in [3.8, 4) is 0 Å². The topological polar surface area (TPSA) is 81.4 Å². The number of methoxy groups -OCH3 is 1. The molecule has 2 aromatic rings. The van der Waals surface area contributed by atoms with Crippen LogP contribution in [0.3, 0.4) is 0 Å². The van der Waals surface area contributed by atoms with Gasteiger partial charge < -0.3 is 15.8 Å². The monoisotopic (exact) mass is 384 g/mol. The van der Waals surface area contributed by atoms with Gasteiger partial charge in [0.1, 0.15) is 6.04 Å². The van der Waals surface area contributed by atoms with E-state index >= 15 is 0 Å². The Morgan fingerprint density at radius 2 is 1.71 bits per heavy atom. The molecule has 3 N–H and O–H groups in total. The molecule has 0 bridgehead atoms. The third kappa shape index (κ3) is 5.98. The number of nitrogens with one attached hydrogen (secondary N) is 1. The highest BCUT2D eigenvalue weighted by atomic mass is 16.5.